The molecule has 0 unspecified atom stereocenters. The summed E-state index contributed by atoms with van der Waals surface area (Å²) in [5, 5.41) is 17.6. The maximum Gasteiger partial charge on any atom is 0.326 e. The van der Waals surface area contributed by atoms with Crippen LogP contribution >= 0.6 is 12.4 Å². The van der Waals surface area contributed by atoms with Gasteiger partial charge in [-0.2, -0.15) is 5.10 Å². The largest absolute Gasteiger partial charge is 0.496 e. The zero-order valence-corrected chi connectivity index (χ0v) is 29.9. The number of aromatic nitrogens is 2. The molecule has 262 valence electrons. The maximum atomic E-state index is 13.7. The lowest BCUT2D eigenvalue weighted by Gasteiger charge is -2.27. The Morgan fingerprint density at radius 2 is 1.62 bits per heavy atom. The van der Waals surface area contributed by atoms with Crippen molar-refractivity contribution in [3.05, 3.63) is 59.3 Å². The minimum absolute atomic E-state index is 0. The van der Waals surface area contributed by atoms with Crippen LogP contribution in [0.3, 0.4) is 0 Å². The van der Waals surface area contributed by atoms with Crippen molar-refractivity contribution in [2.45, 2.75) is 64.3 Å². The van der Waals surface area contributed by atoms with E-state index in [-0.39, 0.29) is 35.8 Å². The zero-order chi connectivity index (χ0) is 34.2. The Labute approximate surface area is 290 Å². The summed E-state index contributed by atoms with van der Waals surface area (Å²) in [6, 6.07) is 11.6. The summed E-state index contributed by atoms with van der Waals surface area (Å²) in [6.07, 6.45) is 5.32. The van der Waals surface area contributed by atoms with E-state index in [1.165, 1.54) is 0 Å². The summed E-state index contributed by atoms with van der Waals surface area (Å²) in [5.41, 5.74) is 3.26. The lowest BCUT2D eigenvalue weighted by atomic mass is 9.84. The fraction of sp³-hybridized carbons (Fsp3) is 0.500. The van der Waals surface area contributed by atoms with Gasteiger partial charge in [-0.05, 0) is 93.7 Å². The summed E-state index contributed by atoms with van der Waals surface area (Å²) < 4.78 is 13.1. The van der Waals surface area contributed by atoms with Crippen LogP contribution in [0.2, 0.25) is 0 Å². The van der Waals surface area contributed by atoms with Crippen LogP contribution in [0.15, 0.2) is 42.5 Å². The SMILES string of the molecule is COc1cccc(OC)c1-c1cc(C(=O)N[C@H](C(=O)O)C2CCCCC2)nn1-c1ccc(C(=O)N(C)CCCN(C)C)cc1C(C)C.Cl. The van der Waals surface area contributed by atoms with E-state index in [0.717, 1.165) is 50.6 Å². The molecule has 1 aliphatic carbocycles. The average Bonchev–Trinajstić information content (AvgIpc) is 3.51. The van der Waals surface area contributed by atoms with E-state index in [0.29, 0.717) is 40.6 Å². The third-order valence-electron chi connectivity index (χ3n) is 8.87. The highest BCUT2D eigenvalue weighted by Crippen LogP contribution is 2.40. The fourth-order valence-electron chi connectivity index (χ4n) is 6.31. The van der Waals surface area contributed by atoms with Gasteiger partial charge in [-0.15, -0.1) is 12.4 Å². The Hall–Kier alpha value is -4.09. The van der Waals surface area contributed by atoms with Crippen molar-refractivity contribution in [2.24, 2.45) is 5.92 Å². The number of carboxylic acids is 1. The van der Waals surface area contributed by atoms with Crippen molar-refractivity contribution in [3.8, 4) is 28.4 Å². The van der Waals surface area contributed by atoms with E-state index in [1.54, 1.807) is 48.1 Å². The van der Waals surface area contributed by atoms with Crippen LogP contribution < -0.4 is 14.8 Å². The van der Waals surface area contributed by atoms with Gasteiger partial charge >= 0.3 is 5.97 Å². The van der Waals surface area contributed by atoms with Crippen LogP contribution in [0.1, 0.15) is 84.7 Å². The molecule has 1 atom stereocenters. The van der Waals surface area contributed by atoms with Crippen LogP contribution in [0, 0.1) is 5.92 Å². The first kappa shape index (κ1) is 38.4. The number of carboxylic acid groups (broad SMARTS) is 1. The molecule has 2 N–H and O–H groups in total. The monoisotopic (exact) mass is 683 g/mol. The minimum atomic E-state index is -1.05. The predicted molar refractivity (Wildman–Crippen MR) is 189 cm³/mol. The number of hydrogen-bond acceptors (Lipinski definition) is 7. The van der Waals surface area contributed by atoms with Crippen LogP contribution in [-0.2, 0) is 4.79 Å². The molecule has 1 aliphatic rings. The standard InChI is InChI=1S/C36H49N5O6.ClH/c1-23(2)26-21-25(35(43)40(5)20-12-19-39(3)4)17-18-28(26)41-29(32-30(46-6)15-11-16-31(32)47-7)22-27(38-41)34(42)37-33(36(44)45)24-13-9-8-10-14-24;/h11,15-18,21-24,33H,8-10,12-14,19-20H2,1-7H3,(H,37,42)(H,44,45);1H/t33-;/m0./s1. The molecule has 12 heteroatoms. The smallest absolute Gasteiger partial charge is 0.326 e. The average molecular weight is 684 g/mol. The van der Waals surface area contributed by atoms with Crippen molar-refractivity contribution in [1.29, 1.82) is 0 Å². The van der Waals surface area contributed by atoms with Crippen LogP contribution in [0.4, 0.5) is 0 Å². The van der Waals surface area contributed by atoms with E-state index in [2.05, 4.69) is 10.2 Å². The number of rotatable bonds is 14. The molecule has 11 nitrogen and oxygen atoms in total. The van der Waals surface area contributed by atoms with Crippen molar-refractivity contribution >= 4 is 30.2 Å². The molecular weight excluding hydrogens is 634 g/mol. The highest BCUT2D eigenvalue weighted by molar-refractivity contribution is 5.97. The highest BCUT2D eigenvalue weighted by atomic mass is 35.5. The Morgan fingerprint density at radius 3 is 2.19 bits per heavy atom. The topological polar surface area (TPSA) is 126 Å². The number of methoxy groups -OCH3 is 2. The quantitative estimate of drug-likeness (QED) is 0.216. The van der Waals surface area contributed by atoms with Crippen molar-refractivity contribution in [1.82, 2.24) is 24.9 Å². The normalized spacial score (nSPS) is 13.9. The Kier molecular flexibility index (Phi) is 13.9. The van der Waals surface area contributed by atoms with E-state index >= 15 is 0 Å². The van der Waals surface area contributed by atoms with Crippen LogP contribution in [0.25, 0.3) is 16.9 Å². The lowest BCUT2D eigenvalue weighted by molar-refractivity contribution is -0.141. The van der Waals surface area contributed by atoms with Crippen molar-refractivity contribution < 1.29 is 29.0 Å². The molecule has 1 heterocycles. The fourth-order valence-corrected chi connectivity index (χ4v) is 6.31. The Morgan fingerprint density at radius 1 is 0.979 bits per heavy atom. The first-order valence-electron chi connectivity index (χ1n) is 16.4. The molecule has 0 spiro atoms. The summed E-state index contributed by atoms with van der Waals surface area (Å²) in [7, 11) is 8.95. The van der Waals surface area contributed by atoms with Gasteiger partial charge in [0.05, 0.1) is 31.2 Å². The van der Waals surface area contributed by atoms with E-state index in [4.69, 9.17) is 14.6 Å². The van der Waals surface area contributed by atoms with E-state index in [1.807, 2.05) is 53.2 Å². The van der Waals surface area contributed by atoms with Crippen LogP contribution in [-0.4, -0.2) is 97.0 Å². The van der Waals surface area contributed by atoms with Gasteiger partial charge in [-0.1, -0.05) is 39.2 Å². The van der Waals surface area contributed by atoms with Gasteiger partial charge in [-0.25, -0.2) is 9.48 Å². The lowest BCUT2D eigenvalue weighted by Crippen LogP contribution is -2.46. The molecule has 0 radical (unpaired) electrons. The maximum absolute atomic E-state index is 13.7. The summed E-state index contributed by atoms with van der Waals surface area (Å²) in [6.45, 7) is 5.58. The molecule has 48 heavy (non-hydrogen) atoms. The second-order valence-electron chi connectivity index (χ2n) is 12.9. The molecule has 1 fully saturated rings. The number of halogens is 1. The van der Waals surface area contributed by atoms with Crippen molar-refractivity contribution in [2.75, 3.05) is 48.5 Å². The number of ether oxygens (including phenoxy) is 2. The molecule has 3 aromatic rings. The molecule has 1 saturated carbocycles. The number of hydrogen-bond donors (Lipinski definition) is 2. The molecule has 2 aromatic carbocycles. The number of nitrogens with one attached hydrogen (secondary N) is 1. The third-order valence-corrected chi connectivity index (χ3v) is 8.87. The van der Waals surface area contributed by atoms with Gasteiger partial charge in [0.1, 0.15) is 17.5 Å². The minimum Gasteiger partial charge on any atom is -0.496 e. The summed E-state index contributed by atoms with van der Waals surface area (Å²) in [4.78, 5) is 43.3. The number of carbonyl (C=O) groups is 3. The number of amides is 2. The highest BCUT2D eigenvalue weighted by Gasteiger charge is 2.32. The first-order chi connectivity index (χ1) is 22.5. The first-order valence-corrected chi connectivity index (χ1v) is 16.4. The molecule has 2 amide bonds. The number of carbonyl (C=O) groups excluding carboxylic acids is 2. The van der Waals surface area contributed by atoms with Crippen molar-refractivity contribution in [3.63, 3.8) is 0 Å². The number of benzene rings is 2. The van der Waals surface area contributed by atoms with Gasteiger partial charge in [0.2, 0.25) is 0 Å². The second-order valence-corrected chi connectivity index (χ2v) is 12.9. The molecular formula is C36H50ClN5O6. The Bertz CT molecular complexity index is 1540. The number of nitrogens with zero attached hydrogens (tertiary/aromatic N) is 4. The summed E-state index contributed by atoms with van der Waals surface area (Å²) >= 11 is 0. The van der Waals surface area contributed by atoms with E-state index < -0.39 is 17.9 Å². The van der Waals surface area contributed by atoms with Gasteiger partial charge in [0.25, 0.3) is 11.8 Å². The van der Waals surface area contributed by atoms with Gasteiger partial charge < -0.3 is 29.7 Å². The van der Waals surface area contributed by atoms with E-state index in [9.17, 15) is 19.5 Å². The molecule has 0 aliphatic heterocycles. The van der Waals surface area contributed by atoms with Gasteiger partial charge in [0.15, 0.2) is 5.69 Å². The Balaban J connectivity index is 0.00000625. The third kappa shape index (κ3) is 8.87. The summed E-state index contributed by atoms with van der Waals surface area (Å²) in [5.74, 6) is -0.820. The van der Waals surface area contributed by atoms with Gasteiger partial charge in [-0.3, -0.25) is 9.59 Å². The zero-order valence-electron chi connectivity index (χ0n) is 29.1. The predicted octanol–water partition coefficient (Wildman–Crippen LogP) is 5.89. The van der Waals surface area contributed by atoms with Crippen LogP contribution in [0.5, 0.6) is 11.5 Å². The van der Waals surface area contributed by atoms with Gasteiger partial charge in [0, 0.05) is 19.2 Å². The molecule has 0 saturated heterocycles. The second kappa shape index (κ2) is 17.3. The number of aliphatic carboxylic acids is 1. The molecule has 0 bridgehead atoms. The molecule has 1 aromatic heterocycles. The molecule has 4 rings (SSSR count).